The van der Waals surface area contributed by atoms with Crippen molar-refractivity contribution in [1.82, 2.24) is 4.90 Å². The van der Waals surface area contributed by atoms with Crippen molar-refractivity contribution in [2.75, 3.05) is 6.54 Å². The zero-order chi connectivity index (χ0) is 14.7. The van der Waals surface area contributed by atoms with E-state index in [1.165, 1.54) is 0 Å². The predicted octanol–water partition coefficient (Wildman–Crippen LogP) is 2.15. The van der Waals surface area contributed by atoms with Gasteiger partial charge in [-0.1, -0.05) is 12.1 Å². The van der Waals surface area contributed by atoms with E-state index in [-0.39, 0.29) is 23.8 Å². The van der Waals surface area contributed by atoms with Crippen LogP contribution < -0.4 is 5.73 Å². The number of primary amides is 1. The molecular weight excluding hydrogens is 276 g/mol. The Morgan fingerprint density at radius 2 is 2.15 bits per heavy atom. The number of amides is 2. The highest BCUT2D eigenvalue weighted by atomic mass is 35.5. The molecule has 20 heavy (non-hydrogen) atoms. The molecule has 0 aliphatic carbocycles. The Kier molecular flexibility index (Phi) is 4.65. The molecule has 2 N–H and O–H groups in total. The Balaban J connectivity index is 2.19. The van der Waals surface area contributed by atoms with E-state index in [4.69, 9.17) is 17.3 Å². The van der Waals surface area contributed by atoms with E-state index in [9.17, 15) is 9.59 Å². The molecule has 2 amide bonds. The first-order valence-corrected chi connectivity index (χ1v) is 7.31. The third-order valence-electron chi connectivity index (χ3n) is 3.87. The number of hydrogen-bond acceptors (Lipinski definition) is 2. The van der Waals surface area contributed by atoms with Gasteiger partial charge >= 0.3 is 0 Å². The molecular formula is C15H19ClN2O2. The first-order chi connectivity index (χ1) is 9.52. The third-order valence-corrected chi connectivity index (χ3v) is 4.18. The number of hydrogen-bond donors (Lipinski definition) is 1. The largest absolute Gasteiger partial charge is 0.369 e. The number of piperidine rings is 1. The summed E-state index contributed by atoms with van der Waals surface area (Å²) in [5, 5.41) is 0. The molecule has 2 unspecified atom stereocenters. The summed E-state index contributed by atoms with van der Waals surface area (Å²) < 4.78 is 0. The number of nitrogens with two attached hydrogens (primary N) is 1. The summed E-state index contributed by atoms with van der Waals surface area (Å²) in [4.78, 5) is 25.7. The third kappa shape index (κ3) is 3.12. The normalized spacial score (nSPS) is 22.6. The number of alkyl halides is 1. The van der Waals surface area contributed by atoms with Crippen molar-refractivity contribution in [1.29, 1.82) is 0 Å². The van der Waals surface area contributed by atoms with E-state index in [2.05, 4.69) is 0 Å². The van der Waals surface area contributed by atoms with Crippen molar-refractivity contribution in [3.05, 3.63) is 35.4 Å². The van der Waals surface area contributed by atoms with Gasteiger partial charge in [-0.05, 0) is 37.5 Å². The van der Waals surface area contributed by atoms with Crippen LogP contribution in [0.15, 0.2) is 24.3 Å². The average molecular weight is 295 g/mol. The molecule has 1 aliphatic rings. The van der Waals surface area contributed by atoms with Gasteiger partial charge in [-0.15, -0.1) is 11.6 Å². The second-order valence-corrected chi connectivity index (χ2v) is 5.58. The minimum Gasteiger partial charge on any atom is -0.369 e. The average Bonchev–Trinajstić information content (AvgIpc) is 2.46. The summed E-state index contributed by atoms with van der Waals surface area (Å²) in [7, 11) is 0. The van der Waals surface area contributed by atoms with Crippen molar-refractivity contribution in [3.63, 3.8) is 0 Å². The summed E-state index contributed by atoms with van der Waals surface area (Å²) in [6.07, 6.45) is 1.55. The molecule has 0 aromatic heterocycles. The van der Waals surface area contributed by atoms with Crippen molar-refractivity contribution in [2.45, 2.75) is 31.7 Å². The van der Waals surface area contributed by atoms with Crippen LogP contribution in [-0.4, -0.2) is 29.3 Å². The van der Waals surface area contributed by atoms with E-state index in [1.807, 2.05) is 19.1 Å². The van der Waals surface area contributed by atoms with Crippen LogP contribution in [0.2, 0.25) is 0 Å². The molecule has 1 saturated heterocycles. The van der Waals surface area contributed by atoms with Crippen molar-refractivity contribution in [2.24, 2.45) is 11.7 Å². The van der Waals surface area contributed by atoms with Crippen LogP contribution in [0.25, 0.3) is 0 Å². The molecule has 2 atom stereocenters. The van der Waals surface area contributed by atoms with Crippen LogP contribution in [-0.2, 0) is 10.7 Å². The lowest BCUT2D eigenvalue weighted by atomic mass is 9.92. The number of carbonyl (C=O) groups is 2. The summed E-state index contributed by atoms with van der Waals surface area (Å²) in [5.41, 5.74) is 6.89. The monoisotopic (exact) mass is 294 g/mol. The van der Waals surface area contributed by atoms with Gasteiger partial charge in [0.15, 0.2) is 0 Å². The van der Waals surface area contributed by atoms with Crippen LogP contribution >= 0.6 is 11.6 Å². The highest BCUT2D eigenvalue weighted by Gasteiger charge is 2.32. The Morgan fingerprint density at radius 1 is 1.40 bits per heavy atom. The lowest BCUT2D eigenvalue weighted by Gasteiger charge is -2.37. The van der Waals surface area contributed by atoms with Gasteiger partial charge in [0.05, 0.1) is 5.92 Å². The Bertz CT molecular complexity index is 518. The first kappa shape index (κ1) is 14.9. The van der Waals surface area contributed by atoms with Gasteiger partial charge in [-0.3, -0.25) is 9.59 Å². The number of likely N-dealkylation sites (tertiary alicyclic amines) is 1. The Hall–Kier alpha value is -1.55. The highest BCUT2D eigenvalue weighted by Crippen LogP contribution is 2.24. The van der Waals surface area contributed by atoms with Gasteiger partial charge < -0.3 is 10.6 Å². The zero-order valence-electron chi connectivity index (χ0n) is 11.5. The maximum absolute atomic E-state index is 12.6. The molecule has 1 fully saturated rings. The maximum atomic E-state index is 12.6. The van der Waals surface area contributed by atoms with Crippen molar-refractivity contribution >= 4 is 23.4 Å². The number of nitrogens with zero attached hydrogens (tertiary/aromatic N) is 1. The van der Waals surface area contributed by atoms with Crippen LogP contribution in [0, 0.1) is 5.92 Å². The van der Waals surface area contributed by atoms with Crippen molar-refractivity contribution in [3.8, 4) is 0 Å². The molecule has 0 spiro atoms. The Morgan fingerprint density at radius 3 is 2.80 bits per heavy atom. The lowest BCUT2D eigenvalue weighted by molar-refractivity contribution is -0.123. The van der Waals surface area contributed by atoms with Gasteiger partial charge in [-0.2, -0.15) is 0 Å². The molecule has 0 radical (unpaired) electrons. The van der Waals surface area contributed by atoms with E-state index in [0.717, 1.165) is 18.4 Å². The molecule has 5 heteroatoms. The minimum atomic E-state index is -0.329. The second kappa shape index (κ2) is 6.27. The molecule has 4 nitrogen and oxygen atoms in total. The lowest BCUT2D eigenvalue weighted by Crippen LogP contribution is -2.48. The predicted molar refractivity (Wildman–Crippen MR) is 78.4 cm³/mol. The number of halogens is 1. The van der Waals surface area contributed by atoms with Gasteiger partial charge in [-0.25, -0.2) is 0 Å². The van der Waals surface area contributed by atoms with Crippen LogP contribution in [0.3, 0.4) is 0 Å². The molecule has 1 aromatic rings. The fraction of sp³-hybridized carbons (Fsp3) is 0.467. The zero-order valence-corrected chi connectivity index (χ0v) is 12.3. The summed E-state index contributed by atoms with van der Waals surface area (Å²) in [6, 6.07) is 7.41. The van der Waals surface area contributed by atoms with E-state index in [0.29, 0.717) is 18.0 Å². The van der Waals surface area contributed by atoms with Crippen LogP contribution in [0.4, 0.5) is 0 Å². The molecule has 2 rings (SSSR count). The molecule has 0 bridgehead atoms. The standard InChI is InChI=1S/C15H19ClN2O2/c1-10-5-6-13(14(17)19)9-18(10)15(20)12-4-2-3-11(7-12)8-16/h2-4,7,10,13H,5-6,8-9H2,1H3,(H2,17,19). The molecule has 1 aromatic carbocycles. The topological polar surface area (TPSA) is 63.4 Å². The van der Waals surface area contributed by atoms with Crippen LogP contribution in [0.5, 0.6) is 0 Å². The van der Waals surface area contributed by atoms with Crippen molar-refractivity contribution < 1.29 is 9.59 Å². The van der Waals surface area contributed by atoms with E-state index >= 15 is 0 Å². The Labute approximate surface area is 123 Å². The SMILES string of the molecule is CC1CCC(C(N)=O)CN1C(=O)c1cccc(CCl)c1. The number of carbonyl (C=O) groups excluding carboxylic acids is 2. The second-order valence-electron chi connectivity index (χ2n) is 5.32. The van der Waals surface area contributed by atoms with Crippen LogP contribution in [0.1, 0.15) is 35.7 Å². The van der Waals surface area contributed by atoms with Gasteiger partial charge in [0, 0.05) is 24.0 Å². The fourth-order valence-electron chi connectivity index (χ4n) is 2.58. The first-order valence-electron chi connectivity index (χ1n) is 6.78. The summed E-state index contributed by atoms with van der Waals surface area (Å²) in [5.74, 6) is -0.258. The van der Waals surface area contributed by atoms with E-state index in [1.54, 1.807) is 17.0 Å². The molecule has 0 saturated carbocycles. The number of benzene rings is 1. The summed E-state index contributed by atoms with van der Waals surface area (Å²) in [6.45, 7) is 2.40. The van der Waals surface area contributed by atoms with Gasteiger partial charge in [0.1, 0.15) is 0 Å². The van der Waals surface area contributed by atoms with E-state index < -0.39 is 0 Å². The maximum Gasteiger partial charge on any atom is 0.254 e. The highest BCUT2D eigenvalue weighted by molar-refractivity contribution is 6.17. The minimum absolute atomic E-state index is 0.0598. The smallest absolute Gasteiger partial charge is 0.254 e. The summed E-state index contributed by atoms with van der Waals surface area (Å²) >= 11 is 5.80. The quantitative estimate of drug-likeness (QED) is 0.868. The fourth-order valence-corrected chi connectivity index (χ4v) is 2.74. The molecule has 1 aliphatic heterocycles. The van der Waals surface area contributed by atoms with Gasteiger partial charge in [0.2, 0.25) is 5.91 Å². The molecule has 1 heterocycles. The number of rotatable bonds is 3. The molecule has 108 valence electrons. The van der Waals surface area contributed by atoms with Gasteiger partial charge in [0.25, 0.3) is 5.91 Å².